The van der Waals surface area contributed by atoms with Crippen molar-refractivity contribution in [2.24, 2.45) is 0 Å². The minimum absolute atomic E-state index is 0.117. The Morgan fingerprint density at radius 2 is 0.750 bits per heavy atom. The predicted molar refractivity (Wildman–Crippen MR) is 237 cm³/mol. The van der Waals surface area contributed by atoms with Gasteiger partial charge in [-0.1, -0.05) is 162 Å². The summed E-state index contributed by atoms with van der Waals surface area (Å²) in [5.74, 6) is -1.03. The summed E-state index contributed by atoms with van der Waals surface area (Å²) in [6, 6.07) is 0. The zero-order valence-electron chi connectivity index (χ0n) is 35.6. The van der Waals surface area contributed by atoms with Gasteiger partial charge in [-0.3, -0.25) is 14.4 Å². The molecule has 6 nitrogen and oxygen atoms in total. The van der Waals surface area contributed by atoms with Crippen molar-refractivity contribution in [3.8, 4) is 0 Å². The van der Waals surface area contributed by atoms with Gasteiger partial charge in [0.15, 0.2) is 6.10 Å². The predicted octanol–water partition coefficient (Wildman–Crippen LogP) is 14.0. The Labute approximate surface area is 342 Å². The largest absolute Gasteiger partial charge is 0.462 e. The molecule has 0 amide bonds. The maximum Gasteiger partial charge on any atom is 0.306 e. The van der Waals surface area contributed by atoms with Crippen molar-refractivity contribution >= 4 is 17.9 Å². The van der Waals surface area contributed by atoms with Crippen LogP contribution in [0.5, 0.6) is 0 Å². The molecule has 0 aromatic carbocycles. The smallest absolute Gasteiger partial charge is 0.306 e. The molecule has 0 N–H and O–H groups in total. The Morgan fingerprint density at radius 1 is 0.375 bits per heavy atom. The van der Waals surface area contributed by atoms with Gasteiger partial charge in [0.05, 0.1) is 0 Å². The van der Waals surface area contributed by atoms with Crippen LogP contribution in [0.2, 0.25) is 0 Å². The first kappa shape index (κ1) is 52.1. The van der Waals surface area contributed by atoms with Crippen LogP contribution in [-0.2, 0) is 28.6 Å². The van der Waals surface area contributed by atoms with Crippen LogP contribution in [0.25, 0.3) is 0 Å². The topological polar surface area (TPSA) is 78.9 Å². The summed E-state index contributed by atoms with van der Waals surface area (Å²) in [6.07, 6.45) is 57.9. The van der Waals surface area contributed by atoms with Gasteiger partial charge in [0, 0.05) is 19.3 Å². The van der Waals surface area contributed by atoms with E-state index in [2.05, 4.69) is 124 Å². The van der Waals surface area contributed by atoms with Gasteiger partial charge < -0.3 is 14.2 Å². The van der Waals surface area contributed by atoms with Crippen molar-refractivity contribution in [2.45, 2.75) is 175 Å². The maximum absolute atomic E-state index is 12.7. The Balaban J connectivity index is 4.54. The third-order valence-electron chi connectivity index (χ3n) is 8.56. The van der Waals surface area contributed by atoms with Gasteiger partial charge in [-0.15, -0.1) is 0 Å². The molecule has 0 aliphatic carbocycles. The molecule has 0 spiro atoms. The number of carbonyl (C=O) groups is 3. The lowest BCUT2D eigenvalue weighted by Crippen LogP contribution is -2.30. The number of carbonyl (C=O) groups excluding carboxylic acids is 3. The zero-order valence-corrected chi connectivity index (χ0v) is 35.6. The molecular weight excluding hydrogens is 697 g/mol. The van der Waals surface area contributed by atoms with E-state index in [1.807, 2.05) is 6.08 Å². The highest BCUT2D eigenvalue weighted by atomic mass is 16.6. The summed E-state index contributed by atoms with van der Waals surface area (Å²) in [6.45, 7) is 6.15. The highest BCUT2D eigenvalue weighted by Crippen LogP contribution is 2.11. The van der Waals surface area contributed by atoms with Crippen molar-refractivity contribution in [3.63, 3.8) is 0 Å². The number of rotatable bonds is 37. The lowest BCUT2D eigenvalue weighted by atomic mass is 10.1. The fourth-order valence-electron chi connectivity index (χ4n) is 5.36. The summed E-state index contributed by atoms with van der Waals surface area (Å²) < 4.78 is 16.6. The van der Waals surface area contributed by atoms with Gasteiger partial charge in [-0.2, -0.15) is 0 Å². The molecule has 0 fully saturated rings. The molecule has 0 saturated carbocycles. The summed E-state index contributed by atoms with van der Waals surface area (Å²) >= 11 is 0. The number of ether oxygens (including phenoxy) is 3. The van der Waals surface area contributed by atoms with Gasteiger partial charge >= 0.3 is 17.9 Å². The van der Waals surface area contributed by atoms with Crippen LogP contribution in [0.1, 0.15) is 168 Å². The number of hydrogen-bond acceptors (Lipinski definition) is 6. The van der Waals surface area contributed by atoms with Crippen molar-refractivity contribution in [1.82, 2.24) is 0 Å². The molecule has 0 heterocycles. The van der Waals surface area contributed by atoms with Crippen LogP contribution in [-0.4, -0.2) is 37.2 Å². The van der Waals surface area contributed by atoms with E-state index in [0.29, 0.717) is 12.8 Å². The van der Waals surface area contributed by atoms with Crippen LogP contribution < -0.4 is 0 Å². The standard InChI is InChI=1S/C50H78O6/c1-4-7-10-13-16-19-22-24-26-28-31-34-37-40-43-49(52)55-46-47(45-54-48(51)42-39-36-33-30-27-21-18-15-12-9-6-3)56-50(53)44-41-38-35-32-29-25-23-20-17-14-11-8-5-2/h7-12,14,16-21,23-24,26,30,33,47H,4-6,13,15,22,25,27-29,31-32,34-46H2,1-3H3/b10-7-,11-8-,12-9-,17-14-,19-16-,21-18-,23-20-,26-24-,33-30-. The number of esters is 3. The number of allylic oxidation sites excluding steroid dienone is 18. The van der Waals surface area contributed by atoms with E-state index in [-0.39, 0.29) is 44.0 Å². The second-order valence-corrected chi connectivity index (χ2v) is 13.9. The second-order valence-electron chi connectivity index (χ2n) is 13.9. The molecule has 1 unspecified atom stereocenters. The number of unbranched alkanes of at least 4 members (excludes halogenated alkanes) is 10. The Hall–Kier alpha value is -3.93. The molecule has 0 rings (SSSR count). The molecule has 0 aromatic rings. The minimum atomic E-state index is -0.818. The average molecular weight is 775 g/mol. The fourth-order valence-corrected chi connectivity index (χ4v) is 5.36. The minimum Gasteiger partial charge on any atom is -0.462 e. The van der Waals surface area contributed by atoms with Crippen LogP contribution in [0.3, 0.4) is 0 Å². The number of hydrogen-bond donors (Lipinski definition) is 0. The normalized spacial score (nSPS) is 13.1. The van der Waals surface area contributed by atoms with E-state index in [0.717, 1.165) is 122 Å². The van der Waals surface area contributed by atoms with E-state index in [1.165, 1.54) is 0 Å². The van der Waals surface area contributed by atoms with Crippen LogP contribution in [0, 0.1) is 0 Å². The van der Waals surface area contributed by atoms with Crippen molar-refractivity contribution in [1.29, 1.82) is 0 Å². The lowest BCUT2D eigenvalue weighted by molar-refractivity contribution is -0.167. The first-order valence-corrected chi connectivity index (χ1v) is 21.9. The molecule has 6 heteroatoms. The van der Waals surface area contributed by atoms with Crippen molar-refractivity contribution < 1.29 is 28.6 Å². The van der Waals surface area contributed by atoms with E-state index < -0.39 is 6.10 Å². The SMILES string of the molecule is CC\C=C/C=C\C=C/CCCCCCCC(=O)OC(COC(=O)CCC/C=C\C/C=C\C/C=C\CC)COC(=O)CCCCCC/C=C\C/C=C\C/C=C\CC. The van der Waals surface area contributed by atoms with E-state index in [4.69, 9.17) is 14.2 Å². The highest BCUT2D eigenvalue weighted by Gasteiger charge is 2.19. The van der Waals surface area contributed by atoms with Crippen LogP contribution in [0.4, 0.5) is 0 Å². The Bertz CT molecular complexity index is 1210. The zero-order chi connectivity index (χ0) is 40.8. The molecular formula is C50H78O6. The first-order valence-electron chi connectivity index (χ1n) is 21.9. The maximum atomic E-state index is 12.7. The summed E-state index contributed by atoms with van der Waals surface area (Å²) in [7, 11) is 0. The summed E-state index contributed by atoms with van der Waals surface area (Å²) in [5.41, 5.74) is 0. The molecule has 56 heavy (non-hydrogen) atoms. The van der Waals surface area contributed by atoms with Gasteiger partial charge in [0.2, 0.25) is 0 Å². The van der Waals surface area contributed by atoms with Gasteiger partial charge in [-0.25, -0.2) is 0 Å². The van der Waals surface area contributed by atoms with Crippen molar-refractivity contribution in [2.75, 3.05) is 13.2 Å². The third-order valence-corrected chi connectivity index (χ3v) is 8.56. The molecule has 0 radical (unpaired) electrons. The molecule has 314 valence electrons. The first-order chi connectivity index (χ1) is 27.5. The van der Waals surface area contributed by atoms with E-state index >= 15 is 0 Å². The molecule has 0 aliphatic rings. The third kappa shape index (κ3) is 41.2. The molecule has 1 atom stereocenters. The lowest BCUT2D eigenvalue weighted by Gasteiger charge is -2.18. The highest BCUT2D eigenvalue weighted by molar-refractivity contribution is 5.71. The Kier molecular flexibility index (Phi) is 40.7. The average Bonchev–Trinajstić information content (AvgIpc) is 3.19. The quantitative estimate of drug-likeness (QED) is 0.0206. The van der Waals surface area contributed by atoms with Crippen molar-refractivity contribution in [3.05, 3.63) is 109 Å². The van der Waals surface area contributed by atoms with E-state index in [9.17, 15) is 14.4 Å². The van der Waals surface area contributed by atoms with Crippen LogP contribution in [0.15, 0.2) is 109 Å². The molecule has 0 saturated heterocycles. The fraction of sp³-hybridized carbons (Fsp3) is 0.580. The van der Waals surface area contributed by atoms with Gasteiger partial charge in [-0.05, 0) is 96.3 Å². The summed E-state index contributed by atoms with van der Waals surface area (Å²) in [5, 5.41) is 0. The second kappa shape index (κ2) is 43.8. The Morgan fingerprint density at radius 3 is 1.27 bits per heavy atom. The molecule has 0 aliphatic heterocycles. The van der Waals surface area contributed by atoms with Gasteiger partial charge in [0.1, 0.15) is 13.2 Å². The van der Waals surface area contributed by atoms with E-state index in [1.54, 1.807) is 0 Å². The molecule has 0 aromatic heterocycles. The molecule has 0 bridgehead atoms. The van der Waals surface area contributed by atoms with Gasteiger partial charge in [0.25, 0.3) is 0 Å². The van der Waals surface area contributed by atoms with Crippen LogP contribution >= 0.6 is 0 Å². The summed E-state index contributed by atoms with van der Waals surface area (Å²) in [4.78, 5) is 37.7. The monoisotopic (exact) mass is 775 g/mol.